The van der Waals surface area contributed by atoms with Crippen molar-refractivity contribution in [3.05, 3.63) is 40.9 Å². The summed E-state index contributed by atoms with van der Waals surface area (Å²) in [5.41, 5.74) is 1.19. The normalized spacial score (nSPS) is 10.1. The maximum atomic E-state index is 5.32. The number of hydrogen-bond acceptors (Lipinski definition) is 4. The number of ether oxygens (including phenoxy) is 1. The highest BCUT2D eigenvalue weighted by Crippen LogP contribution is 2.25. The van der Waals surface area contributed by atoms with Gasteiger partial charge in [0.1, 0.15) is 5.75 Å². The standard InChI is InChI=1S/C12H14N2OS/c1-13-12-14-8-10(16-12)7-9-5-3-4-6-11(9)15-2/h3-6,8H,7H2,1-2H3,(H,13,14). The van der Waals surface area contributed by atoms with E-state index in [2.05, 4.69) is 16.4 Å². The predicted molar refractivity (Wildman–Crippen MR) is 67.5 cm³/mol. The van der Waals surface area contributed by atoms with Crippen LogP contribution in [0.2, 0.25) is 0 Å². The molecule has 0 atom stereocenters. The summed E-state index contributed by atoms with van der Waals surface area (Å²) in [6.45, 7) is 0. The maximum absolute atomic E-state index is 5.32. The maximum Gasteiger partial charge on any atom is 0.182 e. The summed E-state index contributed by atoms with van der Waals surface area (Å²) in [4.78, 5) is 5.48. The molecule has 0 spiro atoms. The van der Waals surface area contributed by atoms with Gasteiger partial charge in [-0.3, -0.25) is 0 Å². The van der Waals surface area contributed by atoms with E-state index in [9.17, 15) is 0 Å². The molecule has 1 heterocycles. The van der Waals surface area contributed by atoms with E-state index in [0.717, 1.165) is 17.3 Å². The zero-order valence-electron chi connectivity index (χ0n) is 9.36. The Hall–Kier alpha value is -1.55. The molecule has 0 saturated heterocycles. The Morgan fingerprint density at radius 3 is 2.88 bits per heavy atom. The zero-order valence-corrected chi connectivity index (χ0v) is 10.2. The summed E-state index contributed by atoms with van der Waals surface area (Å²) in [5.74, 6) is 0.932. The molecule has 4 heteroatoms. The zero-order chi connectivity index (χ0) is 11.4. The van der Waals surface area contributed by atoms with Crippen LogP contribution in [0.15, 0.2) is 30.5 Å². The van der Waals surface area contributed by atoms with Crippen LogP contribution in [0.5, 0.6) is 5.75 Å². The molecule has 0 saturated carbocycles. The Morgan fingerprint density at radius 1 is 1.38 bits per heavy atom. The third-order valence-electron chi connectivity index (χ3n) is 2.32. The smallest absolute Gasteiger partial charge is 0.182 e. The summed E-state index contributed by atoms with van der Waals surface area (Å²) in [7, 11) is 3.58. The Labute approximate surface area is 99.1 Å². The van der Waals surface area contributed by atoms with Gasteiger partial charge in [-0.15, -0.1) is 11.3 Å². The fourth-order valence-electron chi connectivity index (χ4n) is 1.54. The second-order valence-electron chi connectivity index (χ2n) is 3.37. The van der Waals surface area contributed by atoms with Crippen molar-refractivity contribution < 1.29 is 4.74 Å². The van der Waals surface area contributed by atoms with Crippen LogP contribution in [0, 0.1) is 0 Å². The molecule has 0 bridgehead atoms. The molecule has 1 aromatic carbocycles. The monoisotopic (exact) mass is 234 g/mol. The van der Waals surface area contributed by atoms with Crippen molar-refractivity contribution in [2.45, 2.75) is 6.42 Å². The molecule has 1 aromatic heterocycles. The lowest BCUT2D eigenvalue weighted by Gasteiger charge is -2.05. The molecule has 0 amide bonds. The van der Waals surface area contributed by atoms with Crippen LogP contribution in [0.3, 0.4) is 0 Å². The molecule has 0 unspecified atom stereocenters. The van der Waals surface area contributed by atoms with Gasteiger partial charge in [-0.2, -0.15) is 0 Å². The molecular formula is C12H14N2OS. The molecule has 16 heavy (non-hydrogen) atoms. The number of hydrogen-bond donors (Lipinski definition) is 1. The first-order valence-corrected chi connectivity index (χ1v) is 5.89. The number of benzene rings is 1. The topological polar surface area (TPSA) is 34.2 Å². The van der Waals surface area contributed by atoms with Crippen molar-refractivity contribution in [2.24, 2.45) is 0 Å². The molecule has 3 nitrogen and oxygen atoms in total. The average molecular weight is 234 g/mol. The first kappa shape index (κ1) is 11.0. The van der Waals surface area contributed by atoms with Crippen LogP contribution >= 0.6 is 11.3 Å². The van der Waals surface area contributed by atoms with E-state index in [1.54, 1.807) is 18.4 Å². The number of nitrogens with one attached hydrogen (secondary N) is 1. The predicted octanol–water partition coefficient (Wildman–Crippen LogP) is 2.78. The van der Waals surface area contributed by atoms with Gasteiger partial charge in [-0.05, 0) is 11.6 Å². The second kappa shape index (κ2) is 4.99. The summed E-state index contributed by atoms with van der Waals surface area (Å²) in [5, 5.41) is 3.99. The minimum absolute atomic E-state index is 0.864. The third-order valence-corrected chi connectivity index (χ3v) is 3.34. The highest BCUT2D eigenvalue weighted by molar-refractivity contribution is 7.15. The van der Waals surface area contributed by atoms with Gasteiger partial charge in [0.25, 0.3) is 0 Å². The minimum Gasteiger partial charge on any atom is -0.496 e. The SMILES string of the molecule is CNc1ncc(Cc2ccccc2OC)s1. The molecule has 2 aromatic rings. The first-order chi connectivity index (χ1) is 7.83. The number of thiazole rings is 1. The van der Waals surface area contributed by atoms with Crippen molar-refractivity contribution in [3.8, 4) is 5.75 Å². The third kappa shape index (κ3) is 2.33. The quantitative estimate of drug-likeness (QED) is 0.883. The largest absolute Gasteiger partial charge is 0.496 e. The van der Waals surface area contributed by atoms with Crippen LogP contribution in [-0.4, -0.2) is 19.1 Å². The van der Waals surface area contributed by atoms with E-state index < -0.39 is 0 Å². The molecule has 0 aliphatic heterocycles. The van der Waals surface area contributed by atoms with E-state index in [1.165, 1.54) is 10.4 Å². The van der Waals surface area contributed by atoms with Crippen molar-refractivity contribution in [1.82, 2.24) is 4.98 Å². The second-order valence-corrected chi connectivity index (χ2v) is 4.49. The number of anilines is 1. The summed E-state index contributed by atoms with van der Waals surface area (Å²) in [6.07, 6.45) is 2.77. The van der Waals surface area contributed by atoms with Crippen molar-refractivity contribution in [2.75, 3.05) is 19.5 Å². The number of aromatic nitrogens is 1. The van der Waals surface area contributed by atoms with Crippen LogP contribution in [0.4, 0.5) is 5.13 Å². The average Bonchev–Trinajstić information content (AvgIpc) is 2.77. The molecule has 0 aliphatic carbocycles. The van der Waals surface area contributed by atoms with Gasteiger partial charge in [-0.1, -0.05) is 18.2 Å². The molecule has 0 aliphatic rings. The van der Waals surface area contributed by atoms with E-state index in [0.29, 0.717) is 0 Å². The van der Waals surface area contributed by atoms with Gasteiger partial charge in [0.15, 0.2) is 5.13 Å². The Balaban J connectivity index is 2.19. The van der Waals surface area contributed by atoms with Gasteiger partial charge in [0.05, 0.1) is 7.11 Å². The Bertz CT molecular complexity index is 468. The summed E-state index contributed by atoms with van der Waals surface area (Å²) < 4.78 is 5.32. The van der Waals surface area contributed by atoms with Crippen molar-refractivity contribution in [1.29, 1.82) is 0 Å². The molecule has 0 radical (unpaired) electrons. The lowest BCUT2D eigenvalue weighted by atomic mass is 10.1. The minimum atomic E-state index is 0.864. The van der Waals surface area contributed by atoms with Gasteiger partial charge in [0.2, 0.25) is 0 Å². The lowest BCUT2D eigenvalue weighted by Crippen LogP contribution is -1.91. The molecular weight excluding hydrogens is 220 g/mol. The van der Waals surface area contributed by atoms with Crippen LogP contribution < -0.4 is 10.1 Å². The van der Waals surface area contributed by atoms with Gasteiger partial charge < -0.3 is 10.1 Å². The van der Waals surface area contributed by atoms with Crippen LogP contribution in [-0.2, 0) is 6.42 Å². The van der Waals surface area contributed by atoms with Gasteiger partial charge in [-0.25, -0.2) is 4.98 Å². The highest BCUT2D eigenvalue weighted by Gasteiger charge is 2.05. The van der Waals surface area contributed by atoms with E-state index in [-0.39, 0.29) is 0 Å². The highest BCUT2D eigenvalue weighted by atomic mass is 32.1. The summed E-state index contributed by atoms with van der Waals surface area (Å²) in [6, 6.07) is 8.07. The number of para-hydroxylation sites is 1. The fraction of sp³-hybridized carbons (Fsp3) is 0.250. The van der Waals surface area contributed by atoms with Gasteiger partial charge >= 0.3 is 0 Å². The Kier molecular flexibility index (Phi) is 3.41. The molecule has 84 valence electrons. The van der Waals surface area contributed by atoms with Crippen molar-refractivity contribution >= 4 is 16.5 Å². The van der Waals surface area contributed by atoms with Crippen LogP contribution in [0.1, 0.15) is 10.4 Å². The van der Waals surface area contributed by atoms with Crippen LogP contribution in [0.25, 0.3) is 0 Å². The molecule has 2 rings (SSSR count). The first-order valence-electron chi connectivity index (χ1n) is 5.08. The van der Waals surface area contributed by atoms with E-state index in [1.807, 2.05) is 31.4 Å². The molecule has 0 fully saturated rings. The fourth-order valence-corrected chi connectivity index (χ4v) is 2.33. The molecule has 1 N–H and O–H groups in total. The van der Waals surface area contributed by atoms with E-state index >= 15 is 0 Å². The van der Waals surface area contributed by atoms with Gasteiger partial charge in [0, 0.05) is 24.5 Å². The number of rotatable bonds is 4. The number of nitrogens with zero attached hydrogens (tertiary/aromatic N) is 1. The van der Waals surface area contributed by atoms with E-state index in [4.69, 9.17) is 4.74 Å². The Morgan fingerprint density at radius 2 is 2.19 bits per heavy atom. The van der Waals surface area contributed by atoms with Crippen molar-refractivity contribution in [3.63, 3.8) is 0 Å². The lowest BCUT2D eigenvalue weighted by molar-refractivity contribution is 0.410. The number of methoxy groups -OCH3 is 1. The summed E-state index contributed by atoms with van der Waals surface area (Å²) >= 11 is 1.67.